The number of fused-ring (bicyclic) bond motifs is 1. The fourth-order valence-electron chi connectivity index (χ4n) is 2.71. The first kappa shape index (κ1) is 12.7. The van der Waals surface area contributed by atoms with Gasteiger partial charge in [-0.2, -0.15) is 0 Å². The zero-order valence-corrected chi connectivity index (χ0v) is 12.6. The van der Waals surface area contributed by atoms with Crippen LogP contribution in [0.5, 0.6) is 0 Å². The van der Waals surface area contributed by atoms with Gasteiger partial charge in [0.1, 0.15) is 5.82 Å². The molecule has 2 aromatic rings. The number of aromatic nitrogens is 1. The first-order valence-corrected chi connectivity index (χ1v) is 7.50. The van der Waals surface area contributed by atoms with E-state index in [9.17, 15) is 0 Å². The van der Waals surface area contributed by atoms with Crippen LogP contribution in [0.15, 0.2) is 41.0 Å². The van der Waals surface area contributed by atoms with Crippen LogP contribution < -0.4 is 5.32 Å². The highest BCUT2D eigenvalue weighted by atomic mass is 79.9. The lowest BCUT2D eigenvalue weighted by atomic mass is 9.88. The van der Waals surface area contributed by atoms with Crippen molar-refractivity contribution in [2.24, 2.45) is 0 Å². The molecular weight excluding hydrogens is 300 g/mol. The Balaban J connectivity index is 1.91. The van der Waals surface area contributed by atoms with Crippen molar-refractivity contribution in [1.29, 1.82) is 0 Å². The predicted octanol–water partition coefficient (Wildman–Crippen LogP) is 4.64. The summed E-state index contributed by atoms with van der Waals surface area (Å²) in [6.45, 7) is 2.09. The molecular formula is C16H17BrN2. The van der Waals surface area contributed by atoms with Crippen molar-refractivity contribution in [3.8, 4) is 0 Å². The van der Waals surface area contributed by atoms with Crippen molar-refractivity contribution < 1.29 is 0 Å². The molecule has 1 aliphatic rings. The van der Waals surface area contributed by atoms with Crippen molar-refractivity contribution in [3.63, 3.8) is 0 Å². The van der Waals surface area contributed by atoms with E-state index < -0.39 is 0 Å². The van der Waals surface area contributed by atoms with Gasteiger partial charge in [-0.1, -0.05) is 24.3 Å². The number of pyridine rings is 1. The Kier molecular flexibility index (Phi) is 3.56. The first-order chi connectivity index (χ1) is 9.25. The Bertz CT molecular complexity index is 595. The number of nitrogens with one attached hydrogen (secondary N) is 1. The van der Waals surface area contributed by atoms with Gasteiger partial charge < -0.3 is 5.32 Å². The molecule has 1 aromatic heterocycles. The molecule has 0 aliphatic heterocycles. The minimum atomic E-state index is 0.371. The van der Waals surface area contributed by atoms with E-state index in [0.29, 0.717) is 6.04 Å². The van der Waals surface area contributed by atoms with E-state index in [4.69, 9.17) is 0 Å². The Morgan fingerprint density at radius 2 is 2.11 bits per heavy atom. The van der Waals surface area contributed by atoms with Crippen LogP contribution in [0.25, 0.3) is 0 Å². The fraction of sp³-hybridized carbons (Fsp3) is 0.312. The highest BCUT2D eigenvalue weighted by Crippen LogP contribution is 2.34. The summed E-state index contributed by atoms with van der Waals surface area (Å²) in [4.78, 5) is 4.45. The number of aryl methyl sites for hydroxylation is 2. The van der Waals surface area contributed by atoms with Gasteiger partial charge in [0.2, 0.25) is 0 Å². The number of halogens is 1. The number of nitrogens with zero attached hydrogens (tertiary/aromatic N) is 1. The van der Waals surface area contributed by atoms with Crippen LogP contribution in [0.3, 0.4) is 0 Å². The molecule has 1 aromatic carbocycles. The molecule has 3 rings (SSSR count). The summed E-state index contributed by atoms with van der Waals surface area (Å²) < 4.78 is 1.07. The van der Waals surface area contributed by atoms with E-state index >= 15 is 0 Å². The molecule has 1 aliphatic carbocycles. The molecule has 1 atom stereocenters. The van der Waals surface area contributed by atoms with Crippen LogP contribution in [0.2, 0.25) is 0 Å². The summed E-state index contributed by atoms with van der Waals surface area (Å²) in [6.07, 6.45) is 5.45. The van der Waals surface area contributed by atoms with Gasteiger partial charge in [0.15, 0.2) is 0 Å². The predicted molar refractivity (Wildman–Crippen MR) is 82.4 cm³/mol. The van der Waals surface area contributed by atoms with Crippen LogP contribution in [-0.4, -0.2) is 4.98 Å². The van der Waals surface area contributed by atoms with Crippen molar-refractivity contribution in [3.05, 3.63) is 57.7 Å². The van der Waals surface area contributed by atoms with E-state index in [0.717, 1.165) is 10.3 Å². The van der Waals surface area contributed by atoms with E-state index in [1.807, 2.05) is 12.3 Å². The fourth-order valence-corrected chi connectivity index (χ4v) is 3.06. The normalized spacial score (nSPS) is 17.9. The quantitative estimate of drug-likeness (QED) is 0.872. The second-order valence-electron chi connectivity index (χ2n) is 5.08. The third-order valence-corrected chi connectivity index (χ3v) is 4.76. The molecule has 0 fully saturated rings. The van der Waals surface area contributed by atoms with Gasteiger partial charge in [0, 0.05) is 6.20 Å². The molecule has 0 bridgehead atoms. The molecule has 2 nitrogen and oxygen atoms in total. The van der Waals surface area contributed by atoms with Gasteiger partial charge >= 0.3 is 0 Å². The minimum absolute atomic E-state index is 0.371. The monoisotopic (exact) mass is 316 g/mol. The lowest BCUT2D eigenvalue weighted by molar-refractivity contribution is 0.598. The number of anilines is 1. The number of hydrogen-bond acceptors (Lipinski definition) is 2. The van der Waals surface area contributed by atoms with Crippen molar-refractivity contribution in [2.45, 2.75) is 32.2 Å². The van der Waals surface area contributed by atoms with Crippen LogP contribution in [-0.2, 0) is 6.42 Å². The zero-order chi connectivity index (χ0) is 13.2. The third-order valence-electron chi connectivity index (χ3n) is 3.76. The summed E-state index contributed by atoms with van der Waals surface area (Å²) in [5, 5.41) is 3.59. The summed E-state index contributed by atoms with van der Waals surface area (Å²) in [5.41, 5.74) is 4.10. The maximum Gasteiger partial charge on any atom is 0.141 e. The first-order valence-electron chi connectivity index (χ1n) is 6.71. The molecule has 1 unspecified atom stereocenters. The van der Waals surface area contributed by atoms with Gasteiger partial charge in [-0.15, -0.1) is 0 Å². The maximum atomic E-state index is 4.45. The number of rotatable bonds is 2. The van der Waals surface area contributed by atoms with Crippen molar-refractivity contribution >= 4 is 21.7 Å². The summed E-state index contributed by atoms with van der Waals surface area (Å²) >= 11 is 3.62. The van der Waals surface area contributed by atoms with Crippen LogP contribution in [0.1, 0.15) is 35.6 Å². The summed E-state index contributed by atoms with van der Waals surface area (Å²) in [5.74, 6) is 0.946. The lowest BCUT2D eigenvalue weighted by Crippen LogP contribution is -2.18. The van der Waals surface area contributed by atoms with Crippen LogP contribution in [0.4, 0.5) is 5.82 Å². The molecule has 1 heterocycles. The van der Waals surface area contributed by atoms with Crippen LogP contribution in [0, 0.1) is 6.92 Å². The molecule has 19 heavy (non-hydrogen) atoms. The SMILES string of the molecule is Cc1ccnc(NC2CCCc3ccccc32)c1Br. The Morgan fingerprint density at radius 1 is 1.26 bits per heavy atom. The van der Waals surface area contributed by atoms with Gasteiger partial charge in [-0.3, -0.25) is 0 Å². The molecule has 0 amide bonds. The standard InChI is InChI=1S/C16H17BrN2/c1-11-9-10-18-16(15(11)17)19-14-8-4-6-12-5-2-3-7-13(12)14/h2-3,5,7,9-10,14H,4,6,8H2,1H3,(H,18,19). The largest absolute Gasteiger partial charge is 0.362 e. The van der Waals surface area contributed by atoms with Gasteiger partial charge in [0.05, 0.1) is 10.5 Å². The molecule has 0 saturated heterocycles. The summed E-state index contributed by atoms with van der Waals surface area (Å²) in [7, 11) is 0. The molecule has 0 saturated carbocycles. The van der Waals surface area contributed by atoms with E-state index in [2.05, 4.69) is 57.4 Å². The average Bonchev–Trinajstić information content (AvgIpc) is 2.44. The van der Waals surface area contributed by atoms with Gasteiger partial charge in [0.25, 0.3) is 0 Å². The second kappa shape index (κ2) is 5.33. The minimum Gasteiger partial charge on any atom is -0.362 e. The van der Waals surface area contributed by atoms with Crippen LogP contribution >= 0.6 is 15.9 Å². The third kappa shape index (κ3) is 2.52. The van der Waals surface area contributed by atoms with E-state index in [-0.39, 0.29) is 0 Å². The summed E-state index contributed by atoms with van der Waals surface area (Å²) in [6, 6.07) is 11.1. The highest BCUT2D eigenvalue weighted by Gasteiger charge is 2.20. The highest BCUT2D eigenvalue weighted by molar-refractivity contribution is 9.10. The lowest BCUT2D eigenvalue weighted by Gasteiger charge is -2.27. The topological polar surface area (TPSA) is 24.9 Å². The molecule has 0 spiro atoms. The zero-order valence-electron chi connectivity index (χ0n) is 11.0. The van der Waals surface area contributed by atoms with E-state index in [1.165, 1.54) is 36.0 Å². The maximum absolute atomic E-state index is 4.45. The Hall–Kier alpha value is -1.35. The van der Waals surface area contributed by atoms with Crippen molar-refractivity contribution in [2.75, 3.05) is 5.32 Å². The van der Waals surface area contributed by atoms with Gasteiger partial charge in [-0.25, -0.2) is 4.98 Å². The number of hydrogen-bond donors (Lipinski definition) is 1. The van der Waals surface area contributed by atoms with Gasteiger partial charge in [-0.05, 0) is 64.9 Å². The van der Waals surface area contributed by atoms with Crippen molar-refractivity contribution in [1.82, 2.24) is 4.98 Å². The Morgan fingerprint density at radius 3 is 3.00 bits per heavy atom. The number of benzene rings is 1. The average molecular weight is 317 g/mol. The van der Waals surface area contributed by atoms with E-state index in [1.54, 1.807) is 0 Å². The molecule has 1 N–H and O–H groups in total. The smallest absolute Gasteiger partial charge is 0.141 e. The second-order valence-corrected chi connectivity index (χ2v) is 5.87. The Labute approximate surface area is 122 Å². The molecule has 98 valence electrons. The molecule has 3 heteroatoms. The molecule has 0 radical (unpaired) electrons.